The first-order valence-corrected chi connectivity index (χ1v) is 4.33. The molecule has 5 heteroatoms. The summed E-state index contributed by atoms with van der Waals surface area (Å²) in [5.74, 6) is 0. The van der Waals surface area contributed by atoms with Crippen LogP contribution in [0.3, 0.4) is 0 Å². The van der Waals surface area contributed by atoms with Gasteiger partial charge in [-0.2, -0.15) is 5.26 Å². The van der Waals surface area contributed by atoms with Gasteiger partial charge in [0.05, 0.1) is 12.2 Å². The monoisotopic (exact) mass is 183 g/mol. The fourth-order valence-electron chi connectivity index (χ4n) is 1.19. The Morgan fingerprint density at radius 2 is 2.46 bits per heavy atom. The quantitative estimate of drug-likeness (QED) is 0.604. The minimum Gasteiger partial charge on any atom is -0.376 e. The molecule has 1 aliphatic heterocycles. The Hall–Kier alpha value is -1.28. The van der Waals surface area contributed by atoms with Crippen LogP contribution in [0.5, 0.6) is 0 Å². The molecule has 1 heterocycles. The van der Waals surface area contributed by atoms with Gasteiger partial charge in [0.25, 0.3) is 0 Å². The average molecular weight is 183 g/mol. The average Bonchev–Trinajstić information content (AvgIpc) is 2.64. The van der Waals surface area contributed by atoms with Crippen LogP contribution < -0.4 is 10.6 Å². The Bertz CT molecular complexity index is 206. The predicted octanol–water partition coefficient (Wildman–Crippen LogP) is -0.0118. The van der Waals surface area contributed by atoms with Gasteiger partial charge in [-0.1, -0.05) is 0 Å². The maximum absolute atomic E-state index is 10.9. The summed E-state index contributed by atoms with van der Waals surface area (Å²) < 4.78 is 5.30. The molecule has 0 spiro atoms. The van der Waals surface area contributed by atoms with Gasteiger partial charge in [0.2, 0.25) is 0 Å². The molecular weight excluding hydrogens is 170 g/mol. The lowest BCUT2D eigenvalue weighted by molar-refractivity contribution is 0.111. The molecular formula is C8H13N3O2. The summed E-state index contributed by atoms with van der Waals surface area (Å²) in [6.07, 6.45) is 2.21. The van der Waals surface area contributed by atoms with Crippen LogP contribution in [0.15, 0.2) is 0 Å². The summed E-state index contributed by atoms with van der Waals surface area (Å²) in [5, 5.41) is 13.2. The summed E-state index contributed by atoms with van der Waals surface area (Å²) in [6.45, 7) is 1.35. The largest absolute Gasteiger partial charge is 0.376 e. The fourth-order valence-corrected chi connectivity index (χ4v) is 1.19. The van der Waals surface area contributed by atoms with E-state index in [9.17, 15) is 4.79 Å². The van der Waals surface area contributed by atoms with E-state index in [2.05, 4.69) is 10.6 Å². The second-order valence-electron chi connectivity index (χ2n) is 2.86. The number of ether oxygens (including phenoxy) is 1. The normalized spacial score (nSPS) is 20.7. The van der Waals surface area contributed by atoms with E-state index in [0.29, 0.717) is 6.54 Å². The SMILES string of the molecule is N#CCNC(=O)NCC1CCCO1. The molecule has 1 rings (SSSR count). The van der Waals surface area contributed by atoms with Crippen LogP contribution in [0, 0.1) is 11.3 Å². The number of urea groups is 1. The third-order valence-corrected chi connectivity index (χ3v) is 1.84. The smallest absolute Gasteiger partial charge is 0.315 e. The van der Waals surface area contributed by atoms with E-state index in [1.54, 1.807) is 0 Å². The van der Waals surface area contributed by atoms with Crippen molar-refractivity contribution in [2.75, 3.05) is 19.7 Å². The lowest BCUT2D eigenvalue weighted by Gasteiger charge is -2.10. The van der Waals surface area contributed by atoms with Crippen LogP contribution in [0.4, 0.5) is 4.79 Å². The van der Waals surface area contributed by atoms with Crippen LogP contribution in [0.25, 0.3) is 0 Å². The Balaban J connectivity index is 2.04. The molecule has 13 heavy (non-hydrogen) atoms. The molecule has 0 aromatic heterocycles. The Kier molecular flexibility index (Phi) is 4.06. The molecule has 72 valence electrons. The Morgan fingerprint density at radius 3 is 3.08 bits per heavy atom. The van der Waals surface area contributed by atoms with E-state index in [4.69, 9.17) is 10.00 Å². The predicted molar refractivity (Wildman–Crippen MR) is 46.0 cm³/mol. The van der Waals surface area contributed by atoms with E-state index in [-0.39, 0.29) is 18.7 Å². The molecule has 0 bridgehead atoms. The van der Waals surface area contributed by atoms with E-state index < -0.39 is 0 Å². The molecule has 1 aliphatic rings. The van der Waals surface area contributed by atoms with Gasteiger partial charge in [-0.15, -0.1) is 0 Å². The number of carbonyl (C=O) groups excluding carboxylic acids is 1. The fraction of sp³-hybridized carbons (Fsp3) is 0.750. The Labute approximate surface area is 77.1 Å². The second kappa shape index (κ2) is 5.38. The third kappa shape index (κ3) is 3.76. The van der Waals surface area contributed by atoms with Gasteiger partial charge in [-0.3, -0.25) is 0 Å². The van der Waals surface area contributed by atoms with Gasteiger partial charge in [0.1, 0.15) is 6.54 Å². The number of nitriles is 1. The molecule has 0 aromatic rings. The van der Waals surface area contributed by atoms with Gasteiger partial charge in [-0.05, 0) is 12.8 Å². The highest BCUT2D eigenvalue weighted by molar-refractivity contribution is 5.74. The molecule has 0 radical (unpaired) electrons. The van der Waals surface area contributed by atoms with Crippen molar-refractivity contribution in [3.05, 3.63) is 0 Å². The molecule has 2 amide bonds. The van der Waals surface area contributed by atoms with Gasteiger partial charge in [-0.25, -0.2) is 4.79 Å². The summed E-state index contributed by atoms with van der Waals surface area (Å²) in [5.41, 5.74) is 0. The molecule has 1 saturated heterocycles. The first kappa shape index (κ1) is 9.81. The lowest BCUT2D eigenvalue weighted by atomic mass is 10.2. The summed E-state index contributed by atoms with van der Waals surface area (Å²) >= 11 is 0. The van der Waals surface area contributed by atoms with Crippen molar-refractivity contribution in [1.29, 1.82) is 5.26 Å². The van der Waals surface area contributed by atoms with Gasteiger partial charge < -0.3 is 15.4 Å². The van der Waals surface area contributed by atoms with Crippen LogP contribution in [0.2, 0.25) is 0 Å². The standard InChI is InChI=1S/C8H13N3O2/c9-3-4-10-8(12)11-6-7-2-1-5-13-7/h7H,1-2,4-6H2,(H2,10,11,12). The molecule has 1 unspecified atom stereocenters. The van der Waals surface area contributed by atoms with Crippen LogP contribution in [-0.4, -0.2) is 31.8 Å². The minimum atomic E-state index is -0.308. The van der Waals surface area contributed by atoms with Gasteiger partial charge >= 0.3 is 6.03 Å². The van der Waals surface area contributed by atoms with Crippen molar-refractivity contribution in [2.45, 2.75) is 18.9 Å². The zero-order valence-corrected chi connectivity index (χ0v) is 7.38. The molecule has 1 fully saturated rings. The lowest BCUT2D eigenvalue weighted by Crippen LogP contribution is -2.39. The number of rotatable bonds is 3. The maximum Gasteiger partial charge on any atom is 0.315 e. The van der Waals surface area contributed by atoms with Crippen LogP contribution >= 0.6 is 0 Å². The molecule has 0 aromatic carbocycles. The zero-order valence-electron chi connectivity index (χ0n) is 7.38. The molecule has 1 atom stereocenters. The zero-order chi connectivity index (χ0) is 9.52. The van der Waals surface area contributed by atoms with E-state index in [1.807, 2.05) is 6.07 Å². The van der Waals surface area contributed by atoms with Crippen molar-refractivity contribution in [2.24, 2.45) is 0 Å². The molecule has 0 aliphatic carbocycles. The van der Waals surface area contributed by atoms with E-state index in [0.717, 1.165) is 19.4 Å². The maximum atomic E-state index is 10.9. The first-order chi connectivity index (χ1) is 6.33. The highest BCUT2D eigenvalue weighted by atomic mass is 16.5. The number of hydrogen-bond donors (Lipinski definition) is 2. The van der Waals surface area contributed by atoms with Gasteiger partial charge in [0.15, 0.2) is 0 Å². The highest BCUT2D eigenvalue weighted by Gasteiger charge is 2.15. The summed E-state index contributed by atoms with van der Waals surface area (Å²) in [7, 11) is 0. The van der Waals surface area contributed by atoms with Crippen molar-refractivity contribution < 1.29 is 9.53 Å². The van der Waals surface area contributed by atoms with Gasteiger partial charge in [0, 0.05) is 13.2 Å². The van der Waals surface area contributed by atoms with Crippen LogP contribution in [0.1, 0.15) is 12.8 Å². The third-order valence-electron chi connectivity index (χ3n) is 1.84. The number of nitrogens with zero attached hydrogens (tertiary/aromatic N) is 1. The van der Waals surface area contributed by atoms with E-state index >= 15 is 0 Å². The van der Waals surface area contributed by atoms with Crippen molar-refractivity contribution in [3.63, 3.8) is 0 Å². The summed E-state index contributed by atoms with van der Waals surface area (Å²) in [6, 6.07) is 1.52. The second-order valence-corrected chi connectivity index (χ2v) is 2.86. The van der Waals surface area contributed by atoms with Crippen molar-refractivity contribution in [3.8, 4) is 6.07 Å². The number of hydrogen-bond acceptors (Lipinski definition) is 3. The van der Waals surface area contributed by atoms with Crippen LogP contribution in [-0.2, 0) is 4.74 Å². The number of carbonyl (C=O) groups is 1. The molecule has 2 N–H and O–H groups in total. The highest BCUT2D eigenvalue weighted by Crippen LogP contribution is 2.10. The first-order valence-electron chi connectivity index (χ1n) is 4.33. The summed E-state index contributed by atoms with van der Waals surface area (Å²) in [4.78, 5) is 10.9. The topological polar surface area (TPSA) is 74.2 Å². The van der Waals surface area contributed by atoms with Crippen molar-refractivity contribution in [1.82, 2.24) is 10.6 Å². The number of amides is 2. The van der Waals surface area contributed by atoms with E-state index in [1.165, 1.54) is 0 Å². The Morgan fingerprint density at radius 1 is 1.62 bits per heavy atom. The number of nitrogens with one attached hydrogen (secondary N) is 2. The van der Waals surface area contributed by atoms with Crippen molar-refractivity contribution >= 4 is 6.03 Å². The molecule has 0 saturated carbocycles. The minimum absolute atomic E-state index is 0.0390. The molecule has 5 nitrogen and oxygen atoms in total.